The summed E-state index contributed by atoms with van der Waals surface area (Å²) < 4.78 is 11.0. The van der Waals surface area contributed by atoms with Gasteiger partial charge in [0.15, 0.2) is 0 Å². The van der Waals surface area contributed by atoms with E-state index in [9.17, 15) is 4.79 Å². The first-order valence-corrected chi connectivity index (χ1v) is 8.67. The normalized spacial score (nSPS) is 24.1. The van der Waals surface area contributed by atoms with Crippen molar-refractivity contribution in [3.05, 3.63) is 47.6 Å². The predicted octanol–water partition coefficient (Wildman–Crippen LogP) is 1.49. The van der Waals surface area contributed by atoms with Gasteiger partial charge in [-0.3, -0.25) is 14.7 Å². The summed E-state index contributed by atoms with van der Waals surface area (Å²) >= 11 is 0. The number of morpholine rings is 1. The van der Waals surface area contributed by atoms with Crippen LogP contribution in [0.5, 0.6) is 0 Å². The van der Waals surface area contributed by atoms with Crippen LogP contribution in [0.1, 0.15) is 28.1 Å². The molecule has 2 aromatic heterocycles. The van der Waals surface area contributed by atoms with Gasteiger partial charge in [0.25, 0.3) is 5.91 Å². The van der Waals surface area contributed by atoms with Gasteiger partial charge >= 0.3 is 0 Å². The Labute approximate surface area is 146 Å². The van der Waals surface area contributed by atoms with E-state index in [1.165, 1.54) is 11.8 Å². The third-order valence-corrected chi connectivity index (χ3v) is 5.08. The summed E-state index contributed by atoms with van der Waals surface area (Å²) in [5, 5.41) is 3.73. The molecule has 4 heterocycles. The summed E-state index contributed by atoms with van der Waals surface area (Å²) in [6.07, 6.45) is 6.22. The van der Waals surface area contributed by atoms with E-state index in [-0.39, 0.29) is 18.1 Å². The van der Waals surface area contributed by atoms with Gasteiger partial charge < -0.3 is 14.2 Å². The molecule has 0 radical (unpaired) electrons. The molecule has 2 aliphatic heterocycles. The number of aromatic nitrogens is 2. The number of carbonyl (C=O) groups excluding carboxylic acids is 1. The number of hydrogen-bond donors (Lipinski definition) is 0. The Morgan fingerprint density at radius 1 is 1.36 bits per heavy atom. The molecule has 0 N–H and O–H groups in total. The summed E-state index contributed by atoms with van der Waals surface area (Å²) in [7, 11) is 0. The highest BCUT2D eigenvalue weighted by molar-refractivity contribution is 5.94. The van der Waals surface area contributed by atoms with Gasteiger partial charge in [-0.05, 0) is 25.0 Å². The van der Waals surface area contributed by atoms with Crippen molar-refractivity contribution in [1.82, 2.24) is 19.9 Å². The Kier molecular flexibility index (Phi) is 4.50. The maximum absolute atomic E-state index is 12.8. The minimum atomic E-state index is -0.0101. The van der Waals surface area contributed by atoms with Crippen molar-refractivity contribution >= 4 is 5.91 Å². The van der Waals surface area contributed by atoms with E-state index in [1.807, 2.05) is 17.2 Å². The highest BCUT2D eigenvalue weighted by Gasteiger charge is 2.39. The molecule has 0 saturated carbocycles. The van der Waals surface area contributed by atoms with Crippen LogP contribution in [0, 0.1) is 6.92 Å². The molecular weight excluding hydrogens is 320 g/mol. The van der Waals surface area contributed by atoms with Crippen LogP contribution in [0.2, 0.25) is 0 Å². The zero-order valence-electron chi connectivity index (χ0n) is 14.3. The fourth-order valence-electron chi connectivity index (χ4n) is 3.72. The third-order valence-electron chi connectivity index (χ3n) is 5.08. The third kappa shape index (κ3) is 3.29. The Hall–Kier alpha value is -2.25. The van der Waals surface area contributed by atoms with Crippen LogP contribution in [0.25, 0.3) is 0 Å². The Bertz CT molecular complexity index is 733. The first-order valence-electron chi connectivity index (χ1n) is 8.67. The number of rotatable bonds is 3. The average Bonchev–Trinajstić information content (AvgIpc) is 3.08. The minimum absolute atomic E-state index is 0.0101. The molecule has 2 atom stereocenters. The largest absolute Gasteiger partial charge is 0.375 e. The number of aryl methyl sites for hydroxylation is 1. The molecule has 2 saturated heterocycles. The molecular formula is C18H22N4O3. The number of nitrogens with zero attached hydrogens (tertiary/aromatic N) is 4. The lowest BCUT2D eigenvalue weighted by Gasteiger charge is -2.47. The van der Waals surface area contributed by atoms with E-state index in [2.05, 4.69) is 21.1 Å². The van der Waals surface area contributed by atoms with Crippen molar-refractivity contribution in [2.75, 3.05) is 26.2 Å². The molecule has 1 amide bonds. The number of ether oxygens (including phenoxy) is 1. The standard InChI is InChI=1S/C18H22N4O3/c1-13-15(10-20-25-13)18(23)22-6-4-17-16(12-22)21(7-8-24-17)11-14-3-2-5-19-9-14/h2-3,5,9-10,16-17H,4,6-8,11-12H2,1H3/t16-,17-/m1/s1. The number of fused-ring (bicyclic) bond motifs is 1. The molecule has 0 spiro atoms. The molecule has 7 nitrogen and oxygen atoms in total. The summed E-state index contributed by atoms with van der Waals surface area (Å²) in [6.45, 7) is 5.56. The van der Waals surface area contributed by atoms with Crippen LogP contribution in [0.4, 0.5) is 0 Å². The molecule has 7 heteroatoms. The number of amides is 1. The molecule has 0 bridgehead atoms. The summed E-state index contributed by atoms with van der Waals surface area (Å²) in [6, 6.07) is 4.24. The topological polar surface area (TPSA) is 71.7 Å². The van der Waals surface area contributed by atoms with Gasteiger partial charge in [0.2, 0.25) is 0 Å². The van der Waals surface area contributed by atoms with Gasteiger partial charge in [0.1, 0.15) is 11.3 Å². The lowest BCUT2D eigenvalue weighted by molar-refractivity contribution is -0.101. The van der Waals surface area contributed by atoms with E-state index >= 15 is 0 Å². The molecule has 2 fully saturated rings. The fourth-order valence-corrected chi connectivity index (χ4v) is 3.72. The molecule has 2 aliphatic rings. The number of pyridine rings is 1. The van der Waals surface area contributed by atoms with Crippen LogP contribution in [0.15, 0.2) is 35.2 Å². The van der Waals surface area contributed by atoms with Gasteiger partial charge in [0, 0.05) is 38.6 Å². The monoisotopic (exact) mass is 342 g/mol. The van der Waals surface area contributed by atoms with Crippen molar-refractivity contribution in [2.24, 2.45) is 0 Å². The molecule has 25 heavy (non-hydrogen) atoms. The summed E-state index contributed by atoms with van der Waals surface area (Å²) in [5.74, 6) is 0.559. The van der Waals surface area contributed by atoms with Crippen LogP contribution < -0.4 is 0 Å². The summed E-state index contributed by atoms with van der Waals surface area (Å²) in [5.41, 5.74) is 1.73. The van der Waals surface area contributed by atoms with Crippen molar-refractivity contribution in [3.8, 4) is 0 Å². The fraction of sp³-hybridized carbons (Fsp3) is 0.500. The average molecular weight is 342 g/mol. The quantitative estimate of drug-likeness (QED) is 0.842. The number of hydrogen-bond acceptors (Lipinski definition) is 6. The van der Waals surface area contributed by atoms with E-state index in [0.29, 0.717) is 24.4 Å². The first-order chi connectivity index (χ1) is 12.2. The van der Waals surface area contributed by atoms with Crippen LogP contribution in [-0.2, 0) is 11.3 Å². The maximum Gasteiger partial charge on any atom is 0.259 e. The van der Waals surface area contributed by atoms with E-state index in [0.717, 1.165) is 26.1 Å². The predicted molar refractivity (Wildman–Crippen MR) is 89.9 cm³/mol. The van der Waals surface area contributed by atoms with Gasteiger partial charge in [-0.15, -0.1) is 0 Å². The zero-order chi connectivity index (χ0) is 17.2. The van der Waals surface area contributed by atoms with Crippen LogP contribution in [-0.4, -0.2) is 64.2 Å². The van der Waals surface area contributed by atoms with Gasteiger partial charge in [-0.25, -0.2) is 0 Å². The maximum atomic E-state index is 12.8. The van der Waals surface area contributed by atoms with Gasteiger partial charge in [-0.1, -0.05) is 11.2 Å². The lowest BCUT2D eigenvalue weighted by Crippen LogP contribution is -2.60. The SMILES string of the molecule is Cc1oncc1C(=O)N1CC[C@H]2OCCN(Cc3cccnc3)[C@@H]2C1. The van der Waals surface area contributed by atoms with Crippen molar-refractivity contribution in [3.63, 3.8) is 0 Å². The Morgan fingerprint density at radius 3 is 3.04 bits per heavy atom. The molecule has 0 unspecified atom stereocenters. The van der Waals surface area contributed by atoms with E-state index < -0.39 is 0 Å². The van der Waals surface area contributed by atoms with Gasteiger partial charge in [0.05, 0.1) is 24.9 Å². The molecule has 0 aromatic carbocycles. The lowest BCUT2D eigenvalue weighted by atomic mass is 9.97. The van der Waals surface area contributed by atoms with Crippen LogP contribution in [0.3, 0.4) is 0 Å². The van der Waals surface area contributed by atoms with Crippen molar-refractivity contribution in [2.45, 2.75) is 32.0 Å². The minimum Gasteiger partial charge on any atom is -0.375 e. The second-order valence-electron chi connectivity index (χ2n) is 6.64. The van der Waals surface area contributed by atoms with Gasteiger partial charge in [-0.2, -0.15) is 0 Å². The molecule has 4 rings (SSSR count). The Morgan fingerprint density at radius 2 is 2.28 bits per heavy atom. The highest BCUT2D eigenvalue weighted by Crippen LogP contribution is 2.26. The Balaban J connectivity index is 1.49. The van der Waals surface area contributed by atoms with E-state index in [4.69, 9.17) is 9.26 Å². The second-order valence-corrected chi connectivity index (χ2v) is 6.64. The smallest absolute Gasteiger partial charge is 0.259 e. The molecule has 132 valence electrons. The number of likely N-dealkylation sites (tertiary alicyclic amines) is 1. The van der Waals surface area contributed by atoms with Crippen LogP contribution >= 0.6 is 0 Å². The molecule has 0 aliphatic carbocycles. The van der Waals surface area contributed by atoms with E-state index in [1.54, 1.807) is 13.1 Å². The number of piperidine rings is 1. The van der Waals surface area contributed by atoms with Crippen molar-refractivity contribution < 1.29 is 14.1 Å². The zero-order valence-corrected chi connectivity index (χ0v) is 14.3. The summed E-state index contributed by atoms with van der Waals surface area (Å²) in [4.78, 5) is 21.3. The number of carbonyl (C=O) groups is 1. The highest BCUT2D eigenvalue weighted by atomic mass is 16.5. The second kappa shape index (κ2) is 6.93. The first kappa shape index (κ1) is 16.2. The molecule has 2 aromatic rings. The van der Waals surface area contributed by atoms with Crippen molar-refractivity contribution in [1.29, 1.82) is 0 Å².